The van der Waals surface area contributed by atoms with Crippen LogP contribution < -0.4 is 0 Å². The Morgan fingerprint density at radius 1 is 1.00 bits per heavy atom. The molecule has 0 bridgehead atoms. The fraction of sp³-hybridized carbons (Fsp3) is 0.619. The molecular formula is C21H31N5O4S. The van der Waals surface area contributed by atoms with Crippen LogP contribution in [-0.2, 0) is 27.8 Å². The number of ether oxygens (including phenoxy) is 1. The molecule has 3 heterocycles. The van der Waals surface area contributed by atoms with Crippen molar-refractivity contribution in [1.29, 1.82) is 0 Å². The zero-order valence-electron chi connectivity index (χ0n) is 18.2. The summed E-state index contributed by atoms with van der Waals surface area (Å²) in [7, 11) is -3.47. The third-order valence-electron chi connectivity index (χ3n) is 5.74. The highest BCUT2D eigenvalue weighted by Gasteiger charge is 2.27. The number of morpholine rings is 1. The van der Waals surface area contributed by atoms with Gasteiger partial charge in [-0.25, -0.2) is 8.42 Å². The van der Waals surface area contributed by atoms with Crippen LogP contribution in [0.2, 0.25) is 0 Å². The second kappa shape index (κ2) is 9.74. The van der Waals surface area contributed by atoms with Gasteiger partial charge in [-0.1, -0.05) is 31.1 Å². The Morgan fingerprint density at radius 2 is 1.68 bits per heavy atom. The van der Waals surface area contributed by atoms with Gasteiger partial charge in [-0.05, 0) is 17.7 Å². The van der Waals surface area contributed by atoms with Crippen molar-refractivity contribution >= 4 is 10.0 Å². The minimum absolute atomic E-state index is 0.261. The summed E-state index contributed by atoms with van der Waals surface area (Å²) < 4.78 is 38.0. The van der Waals surface area contributed by atoms with Gasteiger partial charge in [0.15, 0.2) is 5.82 Å². The smallest absolute Gasteiger partial charge is 0.243 e. The lowest BCUT2D eigenvalue weighted by Gasteiger charge is -2.34. The van der Waals surface area contributed by atoms with Crippen LogP contribution in [0, 0.1) is 0 Å². The number of aromatic nitrogens is 2. The molecule has 10 heteroatoms. The SMILES string of the molecule is CC(C)c1noc(CN2CCN(Cc3cccc(S(=O)(=O)N4CCOCC4)c3)CC2)n1. The van der Waals surface area contributed by atoms with E-state index in [0.29, 0.717) is 43.6 Å². The van der Waals surface area contributed by atoms with Crippen LogP contribution in [0.25, 0.3) is 0 Å². The molecule has 2 aliphatic rings. The van der Waals surface area contributed by atoms with Gasteiger partial charge in [0.2, 0.25) is 15.9 Å². The highest BCUT2D eigenvalue weighted by molar-refractivity contribution is 7.89. The van der Waals surface area contributed by atoms with Gasteiger partial charge in [0.05, 0.1) is 24.7 Å². The van der Waals surface area contributed by atoms with Crippen molar-refractivity contribution in [2.45, 2.75) is 37.8 Å². The van der Waals surface area contributed by atoms with Crippen LogP contribution in [-0.4, -0.2) is 85.1 Å². The first-order valence-electron chi connectivity index (χ1n) is 10.9. The first-order valence-corrected chi connectivity index (χ1v) is 12.3. The highest BCUT2D eigenvalue weighted by atomic mass is 32.2. The fourth-order valence-corrected chi connectivity index (χ4v) is 5.34. The lowest BCUT2D eigenvalue weighted by Crippen LogP contribution is -2.45. The topological polar surface area (TPSA) is 92.0 Å². The lowest BCUT2D eigenvalue weighted by molar-refractivity contribution is 0.0730. The Morgan fingerprint density at radius 3 is 2.32 bits per heavy atom. The molecule has 0 N–H and O–H groups in total. The average Bonchev–Trinajstić information content (AvgIpc) is 3.25. The van der Waals surface area contributed by atoms with Crippen molar-refractivity contribution in [3.63, 3.8) is 0 Å². The standard InChI is InChI=1S/C21H31N5O4S/c1-17(2)21-22-20(30-23-21)16-25-8-6-24(7-9-25)15-18-4-3-5-19(14-18)31(27,28)26-10-12-29-13-11-26/h3-5,14,17H,6-13,15-16H2,1-2H3. The molecule has 2 aliphatic heterocycles. The third-order valence-corrected chi connectivity index (χ3v) is 7.63. The number of nitrogens with zero attached hydrogens (tertiary/aromatic N) is 5. The maximum absolute atomic E-state index is 12.9. The van der Waals surface area contributed by atoms with E-state index in [9.17, 15) is 8.42 Å². The van der Waals surface area contributed by atoms with Gasteiger partial charge in [0.1, 0.15) is 0 Å². The second-order valence-corrected chi connectivity index (χ2v) is 10.4. The van der Waals surface area contributed by atoms with E-state index >= 15 is 0 Å². The number of hydrogen-bond acceptors (Lipinski definition) is 8. The maximum Gasteiger partial charge on any atom is 0.243 e. The summed E-state index contributed by atoms with van der Waals surface area (Å²) in [5.74, 6) is 1.68. The number of hydrogen-bond donors (Lipinski definition) is 0. The van der Waals surface area contributed by atoms with Crippen molar-refractivity contribution in [3.8, 4) is 0 Å². The van der Waals surface area contributed by atoms with Gasteiger partial charge in [-0.3, -0.25) is 9.80 Å². The number of rotatable bonds is 7. The molecular weight excluding hydrogens is 418 g/mol. The van der Waals surface area contributed by atoms with Crippen LogP contribution >= 0.6 is 0 Å². The Kier molecular flexibility index (Phi) is 7.02. The summed E-state index contributed by atoms with van der Waals surface area (Å²) in [6.07, 6.45) is 0. The largest absolute Gasteiger partial charge is 0.379 e. The molecule has 0 amide bonds. The molecule has 2 fully saturated rings. The molecule has 2 aromatic rings. The molecule has 0 spiro atoms. The van der Waals surface area contributed by atoms with Gasteiger partial charge >= 0.3 is 0 Å². The summed E-state index contributed by atoms with van der Waals surface area (Å²) in [4.78, 5) is 9.49. The molecule has 0 saturated carbocycles. The molecule has 0 aliphatic carbocycles. The quantitative estimate of drug-likeness (QED) is 0.629. The summed E-state index contributed by atoms with van der Waals surface area (Å²) in [5.41, 5.74) is 1.02. The predicted octanol–water partition coefficient (Wildman–Crippen LogP) is 1.53. The van der Waals surface area contributed by atoms with E-state index in [4.69, 9.17) is 9.26 Å². The van der Waals surface area contributed by atoms with Crippen LogP contribution in [0.4, 0.5) is 0 Å². The predicted molar refractivity (Wildman–Crippen MR) is 115 cm³/mol. The second-order valence-electron chi connectivity index (χ2n) is 8.42. The molecule has 4 rings (SSSR count). The molecule has 9 nitrogen and oxygen atoms in total. The molecule has 31 heavy (non-hydrogen) atoms. The Hall–Kier alpha value is -1.85. The minimum atomic E-state index is -3.47. The van der Waals surface area contributed by atoms with Gasteiger partial charge < -0.3 is 9.26 Å². The minimum Gasteiger partial charge on any atom is -0.379 e. The average molecular weight is 450 g/mol. The summed E-state index contributed by atoms with van der Waals surface area (Å²) >= 11 is 0. The normalized spacial score (nSPS) is 19.8. The van der Waals surface area contributed by atoms with Crippen LogP contribution in [0.5, 0.6) is 0 Å². The van der Waals surface area contributed by atoms with Gasteiger partial charge in [0, 0.05) is 51.7 Å². The van der Waals surface area contributed by atoms with Crippen molar-refractivity contribution < 1.29 is 17.7 Å². The number of benzene rings is 1. The Balaban J connectivity index is 1.32. The van der Waals surface area contributed by atoms with Gasteiger partial charge in [-0.2, -0.15) is 9.29 Å². The van der Waals surface area contributed by atoms with E-state index in [1.165, 1.54) is 4.31 Å². The van der Waals surface area contributed by atoms with Crippen LogP contribution in [0.3, 0.4) is 0 Å². The van der Waals surface area contributed by atoms with Crippen LogP contribution in [0.15, 0.2) is 33.7 Å². The fourth-order valence-electron chi connectivity index (χ4n) is 3.86. The monoisotopic (exact) mass is 449 g/mol. The zero-order valence-corrected chi connectivity index (χ0v) is 19.1. The molecule has 170 valence electrons. The van der Waals surface area contributed by atoms with E-state index in [1.807, 2.05) is 18.2 Å². The molecule has 0 radical (unpaired) electrons. The van der Waals surface area contributed by atoms with Crippen molar-refractivity contribution in [3.05, 3.63) is 41.5 Å². The lowest BCUT2D eigenvalue weighted by atomic mass is 10.2. The van der Waals surface area contributed by atoms with Crippen LogP contribution in [0.1, 0.15) is 37.0 Å². The van der Waals surface area contributed by atoms with Gasteiger partial charge in [-0.15, -0.1) is 0 Å². The van der Waals surface area contributed by atoms with E-state index in [0.717, 1.165) is 44.1 Å². The van der Waals surface area contributed by atoms with Crippen molar-refractivity contribution in [2.75, 3.05) is 52.5 Å². The van der Waals surface area contributed by atoms with Crippen molar-refractivity contribution in [2.24, 2.45) is 0 Å². The van der Waals surface area contributed by atoms with E-state index in [1.54, 1.807) is 6.07 Å². The molecule has 2 saturated heterocycles. The summed E-state index contributed by atoms with van der Waals surface area (Å²) in [6, 6.07) is 7.32. The Labute approximate surface area is 184 Å². The van der Waals surface area contributed by atoms with E-state index in [-0.39, 0.29) is 5.92 Å². The van der Waals surface area contributed by atoms with E-state index in [2.05, 4.69) is 33.8 Å². The molecule has 0 atom stereocenters. The highest BCUT2D eigenvalue weighted by Crippen LogP contribution is 2.20. The van der Waals surface area contributed by atoms with Crippen molar-refractivity contribution in [1.82, 2.24) is 24.2 Å². The summed E-state index contributed by atoms with van der Waals surface area (Å²) in [5, 5.41) is 4.03. The maximum atomic E-state index is 12.9. The summed E-state index contributed by atoms with van der Waals surface area (Å²) in [6.45, 7) is 10.9. The number of piperazine rings is 1. The molecule has 1 aromatic heterocycles. The first kappa shape index (κ1) is 22.3. The zero-order chi connectivity index (χ0) is 21.8. The Bertz CT molecular complexity index is 964. The third kappa shape index (κ3) is 5.50. The molecule has 0 unspecified atom stereocenters. The van der Waals surface area contributed by atoms with Gasteiger partial charge in [0.25, 0.3) is 0 Å². The number of sulfonamides is 1. The first-order chi connectivity index (χ1) is 14.9. The molecule has 1 aromatic carbocycles. The van der Waals surface area contributed by atoms with E-state index < -0.39 is 10.0 Å².